The molecular formula is C11H12FNO3. The van der Waals surface area contributed by atoms with E-state index in [1.807, 2.05) is 0 Å². The van der Waals surface area contributed by atoms with E-state index in [0.29, 0.717) is 18.6 Å². The van der Waals surface area contributed by atoms with Crippen molar-refractivity contribution in [3.05, 3.63) is 29.6 Å². The molecule has 1 aliphatic rings. The van der Waals surface area contributed by atoms with Gasteiger partial charge in [0.05, 0.1) is 6.61 Å². The van der Waals surface area contributed by atoms with Crippen LogP contribution in [0.4, 0.5) is 4.39 Å². The number of hydrogen-bond donors (Lipinski definition) is 1. The Morgan fingerprint density at radius 2 is 2.38 bits per heavy atom. The van der Waals surface area contributed by atoms with E-state index >= 15 is 0 Å². The third kappa shape index (κ3) is 2.14. The number of ether oxygens (including phenoxy) is 2. The molecule has 0 radical (unpaired) electrons. The van der Waals surface area contributed by atoms with Crippen LogP contribution in [0.3, 0.4) is 0 Å². The zero-order chi connectivity index (χ0) is 11.5. The lowest BCUT2D eigenvalue weighted by Gasteiger charge is -2.11. The number of carbonyl (C=O) groups is 1. The Morgan fingerprint density at radius 3 is 2.94 bits per heavy atom. The van der Waals surface area contributed by atoms with Gasteiger partial charge >= 0.3 is 5.97 Å². The van der Waals surface area contributed by atoms with Gasteiger partial charge in [0.2, 0.25) is 0 Å². The minimum atomic E-state index is -0.696. The number of hydrogen-bond acceptors (Lipinski definition) is 4. The summed E-state index contributed by atoms with van der Waals surface area (Å²) in [5, 5.41) is 0. The standard InChI is InChI=1S/C11H12FNO3/c12-8-5-7(6-13)1-2-9(8)16-10-3-4-15-11(10)14/h1-2,5,10H,3-4,6,13H2. The van der Waals surface area contributed by atoms with Gasteiger partial charge in [-0.15, -0.1) is 0 Å². The van der Waals surface area contributed by atoms with E-state index in [4.69, 9.17) is 15.2 Å². The van der Waals surface area contributed by atoms with Gasteiger partial charge in [-0.3, -0.25) is 0 Å². The van der Waals surface area contributed by atoms with Crippen molar-refractivity contribution < 1.29 is 18.7 Å². The molecule has 1 atom stereocenters. The van der Waals surface area contributed by atoms with Crippen molar-refractivity contribution in [2.24, 2.45) is 5.73 Å². The van der Waals surface area contributed by atoms with Crippen molar-refractivity contribution in [2.45, 2.75) is 19.1 Å². The molecule has 4 nitrogen and oxygen atoms in total. The molecule has 1 aromatic carbocycles. The smallest absolute Gasteiger partial charge is 0.347 e. The molecule has 2 N–H and O–H groups in total. The predicted octanol–water partition coefficient (Wildman–Crippen LogP) is 0.979. The molecule has 0 saturated carbocycles. The van der Waals surface area contributed by atoms with Crippen LogP contribution < -0.4 is 10.5 Å². The highest BCUT2D eigenvalue weighted by molar-refractivity contribution is 5.76. The summed E-state index contributed by atoms with van der Waals surface area (Å²) < 4.78 is 23.4. The topological polar surface area (TPSA) is 61.6 Å². The van der Waals surface area contributed by atoms with Gasteiger partial charge in [-0.1, -0.05) is 6.07 Å². The Hall–Kier alpha value is -1.62. The number of carbonyl (C=O) groups excluding carboxylic acids is 1. The van der Waals surface area contributed by atoms with Gasteiger partial charge < -0.3 is 15.2 Å². The monoisotopic (exact) mass is 225 g/mol. The zero-order valence-corrected chi connectivity index (χ0v) is 8.61. The van der Waals surface area contributed by atoms with Crippen LogP contribution in [-0.2, 0) is 16.1 Å². The third-order valence-corrected chi connectivity index (χ3v) is 2.39. The SMILES string of the molecule is NCc1ccc(OC2CCOC2=O)c(F)c1. The van der Waals surface area contributed by atoms with E-state index in [-0.39, 0.29) is 12.3 Å². The van der Waals surface area contributed by atoms with Crippen LogP contribution in [0.1, 0.15) is 12.0 Å². The fourth-order valence-corrected chi connectivity index (χ4v) is 1.50. The molecule has 1 aliphatic heterocycles. The molecule has 0 spiro atoms. The summed E-state index contributed by atoms with van der Waals surface area (Å²) in [4.78, 5) is 11.1. The molecule has 1 unspecified atom stereocenters. The Labute approximate surface area is 92.1 Å². The molecule has 2 rings (SSSR count). The first-order valence-corrected chi connectivity index (χ1v) is 5.02. The summed E-state index contributed by atoms with van der Waals surface area (Å²) >= 11 is 0. The Kier molecular flexibility index (Phi) is 3.05. The average molecular weight is 225 g/mol. The average Bonchev–Trinajstić information content (AvgIpc) is 2.67. The van der Waals surface area contributed by atoms with E-state index in [9.17, 15) is 9.18 Å². The van der Waals surface area contributed by atoms with Gasteiger partial charge in [-0.25, -0.2) is 9.18 Å². The second-order valence-electron chi connectivity index (χ2n) is 3.53. The molecule has 0 bridgehead atoms. The molecule has 16 heavy (non-hydrogen) atoms. The number of benzene rings is 1. The van der Waals surface area contributed by atoms with E-state index < -0.39 is 17.9 Å². The molecule has 5 heteroatoms. The summed E-state index contributed by atoms with van der Waals surface area (Å²) in [6.07, 6.45) is -0.241. The minimum absolute atomic E-state index is 0.0565. The van der Waals surface area contributed by atoms with Crippen LogP contribution >= 0.6 is 0 Å². The largest absolute Gasteiger partial charge is 0.476 e. The van der Waals surface area contributed by atoms with Crippen LogP contribution in [-0.4, -0.2) is 18.7 Å². The highest BCUT2D eigenvalue weighted by Gasteiger charge is 2.29. The van der Waals surface area contributed by atoms with E-state index in [1.54, 1.807) is 6.07 Å². The van der Waals surface area contributed by atoms with Crippen LogP contribution in [0.2, 0.25) is 0 Å². The van der Waals surface area contributed by atoms with Crippen molar-refractivity contribution in [2.75, 3.05) is 6.61 Å². The zero-order valence-electron chi connectivity index (χ0n) is 8.61. The Morgan fingerprint density at radius 1 is 1.56 bits per heavy atom. The highest BCUT2D eigenvalue weighted by Crippen LogP contribution is 2.22. The number of cyclic esters (lactones) is 1. The maximum absolute atomic E-state index is 13.5. The molecule has 0 aromatic heterocycles. The quantitative estimate of drug-likeness (QED) is 0.779. The van der Waals surface area contributed by atoms with Gasteiger partial charge in [0, 0.05) is 13.0 Å². The van der Waals surface area contributed by atoms with Crippen LogP contribution in [0.25, 0.3) is 0 Å². The van der Waals surface area contributed by atoms with Gasteiger partial charge in [-0.05, 0) is 17.7 Å². The molecule has 1 heterocycles. The number of nitrogens with two attached hydrogens (primary N) is 1. The summed E-state index contributed by atoms with van der Waals surface area (Å²) in [5.41, 5.74) is 6.05. The fraction of sp³-hybridized carbons (Fsp3) is 0.364. The van der Waals surface area contributed by atoms with Crippen molar-refractivity contribution >= 4 is 5.97 Å². The minimum Gasteiger partial charge on any atom is -0.476 e. The van der Waals surface area contributed by atoms with Crippen molar-refractivity contribution in [3.63, 3.8) is 0 Å². The van der Waals surface area contributed by atoms with Crippen LogP contribution in [0.15, 0.2) is 18.2 Å². The van der Waals surface area contributed by atoms with Crippen molar-refractivity contribution in [1.82, 2.24) is 0 Å². The van der Waals surface area contributed by atoms with E-state index in [2.05, 4.69) is 0 Å². The Balaban J connectivity index is 2.12. The predicted molar refractivity (Wildman–Crippen MR) is 54.3 cm³/mol. The highest BCUT2D eigenvalue weighted by atomic mass is 19.1. The first kappa shape index (κ1) is 10.9. The molecular weight excluding hydrogens is 213 g/mol. The lowest BCUT2D eigenvalue weighted by molar-refractivity contribution is -0.143. The fourth-order valence-electron chi connectivity index (χ4n) is 1.50. The van der Waals surface area contributed by atoms with Gasteiger partial charge in [-0.2, -0.15) is 0 Å². The summed E-state index contributed by atoms with van der Waals surface area (Å²) in [7, 11) is 0. The number of halogens is 1. The van der Waals surface area contributed by atoms with Gasteiger partial charge in [0.1, 0.15) is 0 Å². The first-order valence-electron chi connectivity index (χ1n) is 5.02. The molecule has 0 amide bonds. The van der Waals surface area contributed by atoms with Crippen LogP contribution in [0, 0.1) is 5.82 Å². The lowest BCUT2D eigenvalue weighted by Crippen LogP contribution is -2.22. The van der Waals surface area contributed by atoms with Crippen molar-refractivity contribution in [3.8, 4) is 5.75 Å². The number of esters is 1. The molecule has 1 saturated heterocycles. The van der Waals surface area contributed by atoms with E-state index in [0.717, 1.165) is 0 Å². The molecule has 1 fully saturated rings. The van der Waals surface area contributed by atoms with Crippen LogP contribution in [0.5, 0.6) is 5.75 Å². The normalized spacial score (nSPS) is 19.6. The maximum Gasteiger partial charge on any atom is 0.347 e. The molecule has 1 aromatic rings. The maximum atomic E-state index is 13.5. The van der Waals surface area contributed by atoms with Gasteiger partial charge in [0.25, 0.3) is 0 Å². The lowest BCUT2D eigenvalue weighted by atomic mass is 10.2. The summed E-state index contributed by atoms with van der Waals surface area (Å²) in [5.74, 6) is -0.897. The molecule has 86 valence electrons. The van der Waals surface area contributed by atoms with E-state index in [1.165, 1.54) is 12.1 Å². The second-order valence-corrected chi connectivity index (χ2v) is 3.53. The second kappa shape index (κ2) is 4.49. The van der Waals surface area contributed by atoms with Gasteiger partial charge in [0.15, 0.2) is 17.7 Å². The summed E-state index contributed by atoms with van der Waals surface area (Å²) in [6.45, 7) is 0.592. The Bertz CT molecular complexity index is 408. The third-order valence-electron chi connectivity index (χ3n) is 2.39. The van der Waals surface area contributed by atoms with Crippen molar-refractivity contribution in [1.29, 1.82) is 0 Å². The summed E-state index contributed by atoms with van der Waals surface area (Å²) in [6, 6.07) is 4.44. The number of rotatable bonds is 3. The first-order chi connectivity index (χ1) is 7.70. The molecule has 0 aliphatic carbocycles.